The van der Waals surface area contributed by atoms with Crippen molar-refractivity contribution in [2.75, 3.05) is 316 Å². The van der Waals surface area contributed by atoms with Gasteiger partial charge in [-0.15, -0.1) is 0 Å². The van der Waals surface area contributed by atoms with Gasteiger partial charge in [-0.05, 0) is 25.0 Å². The van der Waals surface area contributed by atoms with Crippen molar-refractivity contribution in [1.82, 2.24) is 67.5 Å². The van der Waals surface area contributed by atoms with Crippen molar-refractivity contribution in [1.29, 1.82) is 0 Å². The monoisotopic (exact) mass is 1860 g/mol. The van der Waals surface area contributed by atoms with Crippen LogP contribution in [0, 0.1) is 0 Å². The van der Waals surface area contributed by atoms with Crippen molar-refractivity contribution in [3.05, 3.63) is 83.9 Å². The number of amides is 13. The van der Waals surface area contributed by atoms with Gasteiger partial charge in [0, 0.05) is 77.1 Å². The Balaban J connectivity index is 1.20. The lowest BCUT2D eigenvalue weighted by Crippen LogP contribution is -2.52. The topological polar surface area (TPSA) is 534 Å². The Labute approximate surface area is 763 Å². The molecule has 0 radical (unpaired) electrons. The third-order valence-electron chi connectivity index (χ3n) is 18.3. The minimum Gasteiger partial charge on any atom is -0.379 e. The van der Waals surface area contributed by atoms with Crippen molar-refractivity contribution >= 4 is 88.4 Å². The minimum atomic E-state index is -1.14. The standard InChI is InChI=1S/C86H135N13O32/c1-68(100)59-91-85(113)72(57-70-9-5-3-6-10-70)94-79(107)63-89-76(104)60-87-74(102)15-25-115-35-38-122-32-22-98(23-33-123-39-36-116-26-16-75(103)88-61-77(105)90-64-80(108)95-73(58-71-11-7-4-8-12-71)86(114)92-62-78(106)93-67-131-66-69(2)101)84(112)65-96-18-28-118-40-46-126-53-55-128-48-42-120-30-20-97(21-31-121-43-49-129-56-54-127-47-41-119-29-19-96)81(109)17-27-117-37-45-125-51-52-130-50-44-124-34-24-99-82(110)13-14-83(99)111/h3-14,72-73H,15-67H2,1-2H3,(H,87,102)(H,88,103)(H,89,104)(H,90,105)(H,91,113)(H,92,114)(H,93,106)(H,94,107)(H,95,108)/t72-,73-/m0/s1. The molecule has 45 nitrogen and oxygen atoms in total. The molecule has 45 heteroatoms. The summed E-state index contributed by atoms with van der Waals surface area (Å²) in [6.07, 6.45) is 2.53. The highest BCUT2D eigenvalue weighted by Gasteiger charge is 2.27. The zero-order chi connectivity index (χ0) is 94.6. The number of hydrogen-bond acceptors (Lipinski definition) is 33. The maximum atomic E-state index is 14.3. The van der Waals surface area contributed by atoms with Crippen LogP contribution < -0.4 is 47.9 Å². The molecule has 736 valence electrons. The van der Waals surface area contributed by atoms with Crippen molar-refractivity contribution in [2.24, 2.45) is 0 Å². The summed E-state index contributed by atoms with van der Waals surface area (Å²) in [6.45, 7) is 8.27. The Hall–Kier alpha value is -9.89. The molecule has 2 heterocycles. The quantitative estimate of drug-likeness (QED) is 0.0170. The average Bonchev–Trinajstić information content (AvgIpc) is 1.83. The van der Waals surface area contributed by atoms with Gasteiger partial charge in [0.1, 0.15) is 31.2 Å². The molecule has 0 bridgehead atoms. The molecule has 2 aromatic rings. The van der Waals surface area contributed by atoms with Crippen LogP contribution in [-0.4, -0.2) is 436 Å². The van der Waals surface area contributed by atoms with Gasteiger partial charge in [0.2, 0.25) is 65.0 Å². The molecule has 0 aliphatic carbocycles. The van der Waals surface area contributed by atoms with Gasteiger partial charge in [-0.3, -0.25) is 81.7 Å². The Kier molecular flexibility index (Phi) is 65.5. The Morgan fingerprint density at radius 1 is 0.351 bits per heavy atom. The van der Waals surface area contributed by atoms with E-state index in [4.69, 9.17) is 80.5 Å². The molecular weight excluding hydrogens is 1730 g/mol. The van der Waals surface area contributed by atoms with Gasteiger partial charge < -0.3 is 138 Å². The fourth-order valence-corrected chi connectivity index (χ4v) is 11.4. The van der Waals surface area contributed by atoms with E-state index < -0.39 is 98.0 Å². The van der Waals surface area contributed by atoms with Crippen molar-refractivity contribution in [3.8, 4) is 0 Å². The van der Waals surface area contributed by atoms with Crippen LogP contribution in [0.5, 0.6) is 0 Å². The van der Waals surface area contributed by atoms with Gasteiger partial charge in [0.25, 0.3) is 11.8 Å². The summed E-state index contributed by atoms with van der Waals surface area (Å²) in [5, 5.41) is 22.2. The number of hydrogen-bond donors (Lipinski definition) is 9. The van der Waals surface area contributed by atoms with Crippen molar-refractivity contribution in [3.63, 3.8) is 0 Å². The van der Waals surface area contributed by atoms with E-state index in [1.165, 1.54) is 26.0 Å². The fraction of sp³-hybridized carbons (Fsp3) is 0.663. The van der Waals surface area contributed by atoms with E-state index in [1.54, 1.807) is 70.5 Å². The number of carbonyl (C=O) groups excluding carboxylic acids is 15. The van der Waals surface area contributed by atoms with E-state index in [0.717, 1.165) is 10.5 Å². The van der Waals surface area contributed by atoms with Crippen LogP contribution in [0.25, 0.3) is 0 Å². The summed E-state index contributed by atoms with van der Waals surface area (Å²) in [6, 6.07) is 15.5. The van der Waals surface area contributed by atoms with Gasteiger partial charge in [-0.25, -0.2) is 0 Å². The molecule has 2 atom stereocenters. The highest BCUT2D eigenvalue weighted by atomic mass is 16.6. The van der Waals surface area contributed by atoms with E-state index >= 15 is 0 Å². The van der Waals surface area contributed by atoms with Gasteiger partial charge in [-0.2, -0.15) is 0 Å². The first-order valence-electron chi connectivity index (χ1n) is 43.8. The molecule has 2 aromatic carbocycles. The van der Waals surface area contributed by atoms with Gasteiger partial charge >= 0.3 is 0 Å². The Morgan fingerprint density at radius 2 is 0.687 bits per heavy atom. The third-order valence-corrected chi connectivity index (χ3v) is 18.3. The summed E-state index contributed by atoms with van der Waals surface area (Å²) < 4.78 is 96.5. The molecule has 4 rings (SSSR count). The van der Waals surface area contributed by atoms with E-state index in [2.05, 4.69) is 47.9 Å². The van der Waals surface area contributed by atoms with Gasteiger partial charge in [-0.1, -0.05) is 60.7 Å². The summed E-state index contributed by atoms with van der Waals surface area (Å²) in [7, 11) is 0. The number of ketones is 2. The number of Topliss-reactive ketones (excluding diaryl/α,β-unsaturated/α-hetero) is 2. The first kappa shape index (κ1) is 113. The number of rotatable bonds is 59. The number of ether oxygens (including phenoxy) is 17. The van der Waals surface area contributed by atoms with E-state index in [1.807, 2.05) is 4.90 Å². The molecule has 2 aliphatic heterocycles. The summed E-state index contributed by atoms with van der Waals surface area (Å²) in [5.74, 6) is -7.26. The van der Waals surface area contributed by atoms with Crippen LogP contribution in [0.1, 0.15) is 44.2 Å². The molecule has 0 spiro atoms. The second kappa shape index (κ2) is 75.6. The Morgan fingerprint density at radius 3 is 1.09 bits per heavy atom. The van der Waals surface area contributed by atoms with E-state index in [9.17, 15) is 71.9 Å². The van der Waals surface area contributed by atoms with Crippen molar-refractivity contribution < 1.29 is 152 Å². The molecule has 2 aliphatic rings. The van der Waals surface area contributed by atoms with E-state index in [0.29, 0.717) is 91.2 Å². The highest BCUT2D eigenvalue weighted by molar-refractivity contribution is 6.12. The van der Waals surface area contributed by atoms with Gasteiger partial charge in [0.15, 0.2) is 5.78 Å². The lowest BCUT2D eigenvalue weighted by Gasteiger charge is -2.27. The highest BCUT2D eigenvalue weighted by Crippen LogP contribution is 2.09. The second-order valence-electron chi connectivity index (χ2n) is 28.9. The molecule has 0 aromatic heterocycles. The summed E-state index contributed by atoms with van der Waals surface area (Å²) in [4.78, 5) is 194. The first-order chi connectivity index (χ1) is 63.6. The molecule has 13 amide bonds. The third kappa shape index (κ3) is 61.5. The average molecular weight is 1860 g/mol. The molecule has 1 saturated heterocycles. The molecule has 131 heavy (non-hydrogen) atoms. The Bertz CT molecular complexity index is 3590. The molecule has 1 fully saturated rings. The number of imide groups is 1. The van der Waals surface area contributed by atoms with Crippen LogP contribution in [0.15, 0.2) is 72.8 Å². The molecule has 9 N–H and O–H groups in total. The summed E-state index contributed by atoms with van der Waals surface area (Å²) in [5.41, 5.74) is 1.45. The lowest BCUT2D eigenvalue weighted by molar-refractivity contribution is -0.138. The van der Waals surface area contributed by atoms with Crippen molar-refractivity contribution in [2.45, 2.75) is 58.0 Å². The zero-order valence-electron chi connectivity index (χ0n) is 75.4. The second-order valence-corrected chi connectivity index (χ2v) is 28.9. The molecular formula is C86H135N13O32. The minimum absolute atomic E-state index is 0.0271. The lowest BCUT2D eigenvalue weighted by atomic mass is 10.1. The predicted octanol–water partition coefficient (Wildman–Crippen LogP) is -5.26. The largest absolute Gasteiger partial charge is 0.379 e. The normalized spacial score (nSPS) is 15.2. The SMILES string of the molecule is CC(=O)CNC(=O)[C@H](Cc1ccccc1)NC(=O)CNC(=O)CNC(=O)CCOCCOCCN(CCOCCOCCC(=O)NCC(=O)NCC(=O)N[C@@H](Cc1ccccc1)C(=O)NCC(=O)NCOCC(C)=O)C(=O)CN1CCOCCOCCOCCOCCN(C(=O)CCOCCOCCOCCOCCN2C(=O)C=CC2=O)CCOCCOCCOCCOCC1. The van der Waals surface area contributed by atoms with Crippen LogP contribution in [0.3, 0.4) is 0 Å². The van der Waals surface area contributed by atoms with Crippen LogP contribution in [0.4, 0.5) is 0 Å². The number of carbonyl (C=O) groups is 15. The predicted molar refractivity (Wildman–Crippen MR) is 465 cm³/mol. The number of nitrogens with one attached hydrogen (secondary N) is 9. The summed E-state index contributed by atoms with van der Waals surface area (Å²) >= 11 is 0. The molecule has 0 saturated carbocycles. The zero-order valence-corrected chi connectivity index (χ0v) is 75.4. The number of nitrogens with zero attached hydrogens (tertiary/aromatic N) is 4. The van der Waals surface area contributed by atoms with Crippen LogP contribution >= 0.6 is 0 Å². The van der Waals surface area contributed by atoms with Crippen LogP contribution in [-0.2, 0) is 165 Å². The van der Waals surface area contributed by atoms with Gasteiger partial charge in [0.05, 0.1) is 270 Å². The fourth-order valence-electron chi connectivity index (χ4n) is 11.4. The maximum Gasteiger partial charge on any atom is 0.253 e. The first-order valence-corrected chi connectivity index (χ1v) is 43.8. The molecule has 0 unspecified atom stereocenters. The number of benzene rings is 2. The smallest absolute Gasteiger partial charge is 0.253 e. The van der Waals surface area contributed by atoms with E-state index in [-0.39, 0.29) is 265 Å². The van der Waals surface area contributed by atoms with Crippen LogP contribution in [0.2, 0.25) is 0 Å². The maximum absolute atomic E-state index is 14.3.